The van der Waals surface area contributed by atoms with Crippen molar-refractivity contribution in [1.29, 1.82) is 0 Å². The molecule has 2 aromatic carbocycles. The Kier molecular flexibility index (Phi) is 8.22. The van der Waals surface area contributed by atoms with E-state index < -0.39 is 20.2 Å². The Morgan fingerprint density at radius 1 is 0.882 bits per heavy atom. The molecule has 0 fully saturated rings. The lowest BCUT2D eigenvalue weighted by atomic mass is 10.3. The van der Waals surface area contributed by atoms with E-state index >= 15 is 0 Å². The highest BCUT2D eigenvalue weighted by Gasteiger charge is 2.13. The zero-order valence-corrected chi connectivity index (χ0v) is 20.8. The topological polar surface area (TPSA) is 218 Å². The summed E-state index contributed by atoms with van der Waals surface area (Å²) < 4.78 is 63.2. The Morgan fingerprint density at radius 3 is 1.88 bits per heavy atom. The summed E-state index contributed by atoms with van der Waals surface area (Å²) in [4.78, 5) is 3.54. The molecule has 15 heteroatoms. The van der Waals surface area contributed by atoms with Crippen LogP contribution in [0.25, 0.3) is 15.9 Å². The number of rotatable bonds is 3. The Hall–Kier alpha value is -3.24. The molecule has 0 aliphatic carbocycles. The minimum absolute atomic E-state index is 0.171. The van der Waals surface area contributed by atoms with Gasteiger partial charge in [0.1, 0.15) is 0 Å². The summed E-state index contributed by atoms with van der Waals surface area (Å²) in [5.74, 6) is 0.284. The molecule has 0 bridgehead atoms. The van der Waals surface area contributed by atoms with Crippen LogP contribution >= 0.6 is 11.3 Å². The molecule has 0 amide bonds. The van der Waals surface area contributed by atoms with Gasteiger partial charge in [-0.2, -0.15) is 21.9 Å². The standard InChI is InChI=1S/C10H12N4O3S.C7H6N2O3S2.C2H6/c1-6-9(11)10(12)14(13-6)7-2-4-8(5-3-7)18(15,16)17;8-7-9-5-3-4(14(10,11)12)1-2-6(5)13-7;1-2/h2-5H,11-12H2,1H3,(H,15,16,17);1-3H,(H2,8,9)(H,10,11,12);1-2H3. The monoisotopic (exact) mass is 528 g/mol. The summed E-state index contributed by atoms with van der Waals surface area (Å²) in [5.41, 5.74) is 18.9. The molecule has 0 aliphatic heterocycles. The van der Waals surface area contributed by atoms with Crippen molar-refractivity contribution in [2.24, 2.45) is 0 Å². The molecule has 0 aliphatic rings. The van der Waals surface area contributed by atoms with Crippen LogP contribution in [-0.2, 0) is 20.2 Å². The van der Waals surface area contributed by atoms with E-state index in [1.165, 1.54) is 52.4 Å². The van der Waals surface area contributed by atoms with Gasteiger partial charge in [0.25, 0.3) is 20.2 Å². The second-order valence-corrected chi connectivity index (χ2v) is 10.3. The molecular formula is C19H24N6O6S3. The first-order valence-corrected chi connectivity index (χ1v) is 13.3. The number of hydrogen-bond acceptors (Lipinski definition) is 10. The molecule has 12 nitrogen and oxygen atoms in total. The third kappa shape index (κ3) is 6.21. The van der Waals surface area contributed by atoms with Crippen LogP contribution in [0, 0.1) is 6.92 Å². The largest absolute Gasteiger partial charge is 0.394 e. The van der Waals surface area contributed by atoms with E-state index in [1.807, 2.05) is 13.8 Å². The number of nitrogens with zero attached hydrogens (tertiary/aromatic N) is 3. The number of aromatic nitrogens is 3. The van der Waals surface area contributed by atoms with Crippen LogP contribution in [0.1, 0.15) is 19.5 Å². The molecule has 0 unspecified atom stereocenters. The SMILES string of the molecule is CC.Cc1nn(-c2ccc(S(=O)(=O)O)cc2)c(N)c1N.Nc1nc2cc(S(=O)(=O)O)ccc2s1. The van der Waals surface area contributed by atoms with Gasteiger partial charge in [0.2, 0.25) is 0 Å². The first-order chi connectivity index (χ1) is 15.8. The molecule has 4 aromatic rings. The van der Waals surface area contributed by atoms with Gasteiger partial charge in [-0.3, -0.25) is 9.11 Å². The first-order valence-electron chi connectivity index (χ1n) is 9.59. The summed E-state index contributed by atoms with van der Waals surface area (Å²) in [6.07, 6.45) is 0. The van der Waals surface area contributed by atoms with Crippen molar-refractivity contribution in [3.05, 3.63) is 48.2 Å². The zero-order valence-electron chi connectivity index (χ0n) is 18.4. The van der Waals surface area contributed by atoms with Gasteiger partial charge in [-0.05, 0) is 49.4 Å². The molecule has 0 atom stereocenters. The smallest absolute Gasteiger partial charge is 0.294 e. The van der Waals surface area contributed by atoms with Crippen molar-refractivity contribution >= 4 is 58.4 Å². The molecule has 0 saturated carbocycles. The summed E-state index contributed by atoms with van der Waals surface area (Å²) in [6, 6.07) is 9.64. The number of nitrogens with two attached hydrogens (primary N) is 3. The molecule has 2 heterocycles. The third-order valence-corrected chi connectivity index (χ3v) is 6.78. The first kappa shape index (κ1) is 27.0. The van der Waals surface area contributed by atoms with E-state index in [-0.39, 0.29) is 15.6 Å². The summed E-state index contributed by atoms with van der Waals surface area (Å²) in [5, 5.41) is 4.49. The maximum absolute atomic E-state index is 10.9. The van der Waals surface area contributed by atoms with Crippen LogP contribution in [0.2, 0.25) is 0 Å². The van der Waals surface area contributed by atoms with Gasteiger partial charge >= 0.3 is 0 Å². The minimum atomic E-state index is -4.20. The van der Waals surface area contributed by atoms with Crippen LogP contribution < -0.4 is 17.2 Å². The van der Waals surface area contributed by atoms with E-state index in [1.54, 1.807) is 13.0 Å². The number of hydrogen-bond donors (Lipinski definition) is 5. The van der Waals surface area contributed by atoms with Crippen molar-refractivity contribution in [3.8, 4) is 5.69 Å². The average molecular weight is 529 g/mol. The van der Waals surface area contributed by atoms with E-state index in [2.05, 4.69) is 10.1 Å². The van der Waals surface area contributed by atoms with Gasteiger partial charge in [-0.25, -0.2) is 9.67 Å². The van der Waals surface area contributed by atoms with Gasteiger partial charge in [0, 0.05) is 0 Å². The van der Waals surface area contributed by atoms with Gasteiger partial charge < -0.3 is 17.2 Å². The fourth-order valence-corrected chi connectivity index (χ4v) is 4.29. The van der Waals surface area contributed by atoms with Crippen molar-refractivity contribution in [2.75, 3.05) is 17.2 Å². The maximum atomic E-state index is 10.9. The highest BCUT2D eigenvalue weighted by molar-refractivity contribution is 7.86. The summed E-state index contributed by atoms with van der Waals surface area (Å²) >= 11 is 1.26. The molecule has 0 radical (unpaired) electrons. The molecule has 8 N–H and O–H groups in total. The third-order valence-electron chi connectivity index (χ3n) is 4.20. The molecule has 0 spiro atoms. The number of benzene rings is 2. The van der Waals surface area contributed by atoms with Crippen LogP contribution in [0.5, 0.6) is 0 Å². The van der Waals surface area contributed by atoms with Gasteiger partial charge in [-0.15, -0.1) is 0 Å². The fraction of sp³-hybridized carbons (Fsp3) is 0.158. The van der Waals surface area contributed by atoms with E-state index in [4.69, 9.17) is 26.3 Å². The van der Waals surface area contributed by atoms with Gasteiger partial charge in [-0.1, -0.05) is 25.2 Å². The normalized spacial score (nSPS) is 11.3. The number of fused-ring (bicyclic) bond motifs is 1. The Labute approximate surface area is 200 Å². The average Bonchev–Trinajstić information content (AvgIpc) is 3.27. The van der Waals surface area contributed by atoms with E-state index in [9.17, 15) is 16.8 Å². The van der Waals surface area contributed by atoms with Crippen LogP contribution in [0.15, 0.2) is 52.3 Å². The Balaban J connectivity index is 0.000000230. The summed E-state index contributed by atoms with van der Waals surface area (Å²) in [6.45, 7) is 5.72. The highest BCUT2D eigenvalue weighted by Crippen LogP contribution is 2.26. The van der Waals surface area contributed by atoms with Crippen LogP contribution in [-0.4, -0.2) is 40.7 Å². The second-order valence-electron chi connectivity index (χ2n) is 6.42. The van der Waals surface area contributed by atoms with Crippen molar-refractivity contribution < 1.29 is 25.9 Å². The summed E-state index contributed by atoms with van der Waals surface area (Å²) in [7, 11) is -8.36. The van der Waals surface area contributed by atoms with Crippen molar-refractivity contribution in [1.82, 2.24) is 14.8 Å². The van der Waals surface area contributed by atoms with Gasteiger partial charge in [0.05, 0.1) is 37.1 Å². The molecule has 34 heavy (non-hydrogen) atoms. The lowest BCUT2D eigenvalue weighted by Gasteiger charge is -2.04. The number of aryl methyl sites for hydroxylation is 1. The Morgan fingerprint density at radius 2 is 1.41 bits per heavy atom. The number of anilines is 3. The molecular weight excluding hydrogens is 504 g/mol. The second kappa shape index (κ2) is 10.4. The predicted octanol–water partition coefficient (Wildman–Crippen LogP) is 2.74. The quantitative estimate of drug-likeness (QED) is 0.243. The van der Waals surface area contributed by atoms with E-state index in [0.29, 0.717) is 27.7 Å². The lowest BCUT2D eigenvalue weighted by molar-refractivity contribution is 0.481. The Bertz CT molecular complexity index is 1510. The highest BCUT2D eigenvalue weighted by atomic mass is 32.2. The van der Waals surface area contributed by atoms with E-state index in [0.717, 1.165) is 4.70 Å². The van der Waals surface area contributed by atoms with Crippen LogP contribution in [0.3, 0.4) is 0 Å². The van der Waals surface area contributed by atoms with Gasteiger partial charge in [0.15, 0.2) is 10.9 Å². The van der Waals surface area contributed by atoms with Crippen molar-refractivity contribution in [2.45, 2.75) is 30.6 Å². The molecule has 0 saturated heterocycles. The lowest BCUT2D eigenvalue weighted by Crippen LogP contribution is -2.04. The van der Waals surface area contributed by atoms with Crippen LogP contribution in [0.4, 0.5) is 16.6 Å². The predicted molar refractivity (Wildman–Crippen MR) is 132 cm³/mol. The zero-order chi connectivity index (χ0) is 25.8. The minimum Gasteiger partial charge on any atom is -0.394 e. The number of thiazole rings is 1. The fourth-order valence-electron chi connectivity index (χ4n) is 2.60. The van der Waals surface area contributed by atoms with Crippen molar-refractivity contribution in [3.63, 3.8) is 0 Å². The molecule has 2 aromatic heterocycles. The number of nitrogen functional groups attached to an aromatic ring is 3. The molecule has 4 rings (SSSR count). The maximum Gasteiger partial charge on any atom is 0.294 e. The molecule has 184 valence electrons.